The van der Waals surface area contributed by atoms with E-state index in [1.165, 1.54) is 10.9 Å². The second-order valence-electron chi connectivity index (χ2n) is 2.31. The minimum Gasteiger partial charge on any atom is -0.269 e. The fraction of sp³-hybridized carbons (Fsp3) is 0.143. The molecule has 0 spiro atoms. The van der Waals surface area contributed by atoms with Gasteiger partial charge in [-0.25, -0.2) is 4.98 Å². The van der Waals surface area contributed by atoms with Gasteiger partial charge in [0, 0.05) is 6.08 Å². The Balaban J connectivity index is 2.72. The molecule has 2 rings (SSSR count). The minimum absolute atomic E-state index is 0.00463. The summed E-state index contributed by atoms with van der Waals surface area (Å²) in [6.07, 6.45) is 4.83. The molecule has 1 aromatic rings. The van der Waals surface area contributed by atoms with Crippen molar-refractivity contribution in [2.75, 3.05) is 0 Å². The SMILES string of the molecule is CC1=CC(=O)n2cncc21. The van der Waals surface area contributed by atoms with Crippen molar-refractivity contribution in [3.63, 3.8) is 0 Å². The molecule has 1 aliphatic heterocycles. The average molecular weight is 134 g/mol. The molecule has 0 unspecified atom stereocenters. The fourth-order valence-electron chi connectivity index (χ4n) is 1.09. The molecule has 1 aromatic heterocycles. The highest BCUT2D eigenvalue weighted by Gasteiger charge is 2.16. The van der Waals surface area contributed by atoms with Crippen LogP contribution in [0.4, 0.5) is 0 Å². The Morgan fingerprint density at radius 2 is 2.40 bits per heavy atom. The van der Waals surface area contributed by atoms with E-state index in [1.54, 1.807) is 12.3 Å². The van der Waals surface area contributed by atoms with Gasteiger partial charge < -0.3 is 0 Å². The van der Waals surface area contributed by atoms with Crippen molar-refractivity contribution in [3.8, 4) is 0 Å². The summed E-state index contributed by atoms with van der Waals surface area (Å²) in [4.78, 5) is 14.8. The second-order valence-corrected chi connectivity index (χ2v) is 2.31. The first-order valence-electron chi connectivity index (χ1n) is 3.04. The zero-order chi connectivity index (χ0) is 7.14. The first-order chi connectivity index (χ1) is 4.79. The van der Waals surface area contributed by atoms with Crippen molar-refractivity contribution in [2.45, 2.75) is 6.92 Å². The summed E-state index contributed by atoms with van der Waals surface area (Å²) in [7, 11) is 0. The third-order valence-corrected chi connectivity index (χ3v) is 1.62. The topological polar surface area (TPSA) is 34.9 Å². The summed E-state index contributed by atoms with van der Waals surface area (Å²) in [6, 6.07) is 0. The highest BCUT2D eigenvalue weighted by Crippen LogP contribution is 2.18. The summed E-state index contributed by atoms with van der Waals surface area (Å²) in [5, 5.41) is 0. The van der Waals surface area contributed by atoms with Crippen LogP contribution in [-0.4, -0.2) is 15.5 Å². The second kappa shape index (κ2) is 1.56. The molecule has 0 saturated carbocycles. The Hall–Kier alpha value is -1.38. The molecular formula is C7H6N2O. The van der Waals surface area contributed by atoms with Gasteiger partial charge in [0.25, 0.3) is 5.91 Å². The molecule has 50 valence electrons. The molecule has 0 saturated heterocycles. The van der Waals surface area contributed by atoms with Gasteiger partial charge in [0.2, 0.25) is 0 Å². The Morgan fingerprint density at radius 3 is 3.10 bits per heavy atom. The van der Waals surface area contributed by atoms with Crippen LogP contribution in [0.3, 0.4) is 0 Å². The van der Waals surface area contributed by atoms with E-state index in [4.69, 9.17) is 0 Å². The lowest BCUT2D eigenvalue weighted by molar-refractivity contribution is 0.0974. The van der Waals surface area contributed by atoms with Crippen LogP contribution in [0.1, 0.15) is 17.4 Å². The number of rotatable bonds is 0. The predicted octanol–water partition coefficient (Wildman–Crippen LogP) is 0.940. The minimum atomic E-state index is 0.00463. The molecule has 0 aliphatic carbocycles. The van der Waals surface area contributed by atoms with Crippen molar-refractivity contribution in [1.82, 2.24) is 9.55 Å². The molecule has 0 bridgehead atoms. The highest BCUT2D eigenvalue weighted by molar-refractivity contribution is 6.02. The number of hydrogen-bond donors (Lipinski definition) is 0. The van der Waals surface area contributed by atoms with E-state index < -0.39 is 0 Å². The number of nitrogens with zero attached hydrogens (tertiary/aromatic N) is 2. The number of aromatic nitrogens is 2. The van der Waals surface area contributed by atoms with Crippen LogP contribution < -0.4 is 0 Å². The third-order valence-electron chi connectivity index (χ3n) is 1.62. The van der Waals surface area contributed by atoms with E-state index in [-0.39, 0.29) is 5.91 Å². The smallest absolute Gasteiger partial charge is 0.256 e. The van der Waals surface area contributed by atoms with Crippen molar-refractivity contribution >= 4 is 11.5 Å². The zero-order valence-electron chi connectivity index (χ0n) is 5.53. The van der Waals surface area contributed by atoms with Crippen LogP contribution in [0.2, 0.25) is 0 Å². The number of fused-ring (bicyclic) bond motifs is 1. The number of allylic oxidation sites excluding steroid dienone is 2. The molecule has 2 heterocycles. The van der Waals surface area contributed by atoms with Crippen LogP contribution in [0.5, 0.6) is 0 Å². The first-order valence-corrected chi connectivity index (χ1v) is 3.04. The zero-order valence-corrected chi connectivity index (χ0v) is 5.53. The summed E-state index contributed by atoms with van der Waals surface area (Å²) in [5.74, 6) is 0.00463. The van der Waals surface area contributed by atoms with Crippen molar-refractivity contribution in [1.29, 1.82) is 0 Å². The molecule has 3 heteroatoms. The lowest BCUT2D eigenvalue weighted by Gasteiger charge is -1.90. The molecule has 0 amide bonds. The maximum absolute atomic E-state index is 11.0. The average Bonchev–Trinajstić information content (AvgIpc) is 2.39. The van der Waals surface area contributed by atoms with E-state index in [2.05, 4.69) is 4.98 Å². The molecule has 0 N–H and O–H groups in total. The van der Waals surface area contributed by atoms with Crippen molar-refractivity contribution in [3.05, 3.63) is 24.3 Å². The van der Waals surface area contributed by atoms with Gasteiger partial charge in [0.15, 0.2) is 0 Å². The van der Waals surface area contributed by atoms with Crippen LogP contribution in [0.25, 0.3) is 5.57 Å². The van der Waals surface area contributed by atoms with Gasteiger partial charge in [-0.15, -0.1) is 0 Å². The van der Waals surface area contributed by atoms with Crippen LogP contribution >= 0.6 is 0 Å². The Kier molecular flexibility index (Phi) is 0.845. The normalized spacial score (nSPS) is 15.3. The summed E-state index contributed by atoms with van der Waals surface area (Å²) in [5.41, 5.74) is 1.90. The highest BCUT2D eigenvalue weighted by atomic mass is 16.2. The number of imidazole rings is 1. The molecule has 10 heavy (non-hydrogen) atoms. The third kappa shape index (κ3) is 0.492. The van der Waals surface area contributed by atoms with Crippen molar-refractivity contribution in [2.24, 2.45) is 0 Å². The monoisotopic (exact) mass is 134 g/mol. The van der Waals surface area contributed by atoms with Gasteiger partial charge in [0.1, 0.15) is 6.33 Å². The Bertz CT molecular complexity index is 322. The number of carbonyl (C=O) groups excluding carboxylic acids is 1. The Morgan fingerprint density at radius 1 is 1.60 bits per heavy atom. The quantitative estimate of drug-likeness (QED) is 0.529. The molecular weight excluding hydrogens is 128 g/mol. The molecule has 0 fully saturated rings. The first kappa shape index (κ1) is 5.41. The van der Waals surface area contributed by atoms with Gasteiger partial charge in [-0.2, -0.15) is 0 Å². The molecule has 0 aromatic carbocycles. The van der Waals surface area contributed by atoms with Crippen LogP contribution in [-0.2, 0) is 0 Å². The Labute approximate surface area is 58.0 Å². The lowest BCUT2D eigenvalue weighted by Crippen LogP contribution is -2.01. The van der Waals surface area contributed by atoms with Crippen molar-refractivity contribution < 1.29 is 4.79 Å². The number of hydrogen-bond acceptors (Lipinski definition) is 2. The molecule has 1 aliphatic rings. The van der Waals surface area contributed by atoms with Gasteiger partial charge in [-0.3, -0.25) is 9.36 Å². The standard InChI is InChI=1S/C7H6N2O/c1-5-2-7(10)9-4-8-3-6(5)9/h2-4H,1H3. The van der Waals surface area contributed by atoms with E-state index >= 15 is 0 Å². The van der Waals surface area contributed by atoms with E-state index in [0.29, 0.717) is 0 Å². The summed E-state index contributed by atoms with van der Waals surface area (Å²) >= 11 is 0. The summed E-state index contributed by atoms with van der Waals surface area (Å²) in [6.45, 7) is 1.90. The van der Waals surface area contributed by atoms with Crippen LogP contribution in [0, 0.1) is 0 Å². The summed E-state index contributed by atoms with van der Waals surface area (Å²) < 4.78 is 1.54. The molecule has 3 nitrogen and oxygen atoms in total. The van der Waals surface area contributed by atoms with E-state index in [9.17, 15) is 4.79 Å². The van der Waals surface area contributed by atoms with Gasteiger partial charge >= 0.3 is 0 Å². The number of carbonyl (C=O) groups is 1. The fourth-order valence-corrected chi connectivity index (χ4v) is 1.09. The maximum Gasteiger partial charge on any atom is 0.256 e. The predicted molar refractivity (Wildman–Crippen MR) is 36.5 cm³/mol. The largest absolute Gasteiger partial charge is 0.269 e. The van der Waals surface area contributed by atoms with Gasteiger partial charge in [-0.05, 0) is 12.5 Å². The van der Waals surface area contributed by atoms with E-state index in [1.807, 2.05) is 6.92 Å². The van der Waals surface area contributed by atoms with E-state index in [0.717, 1.165) is 11.3 Å². The molecule has 0 radical (unpaired) electrons. The van der Waals surface area contributed by atoms with Crippen LogP contribution in [0.15, 0.2) is 18.6 Å². The molecule has 0 atom stereocenters. The maximum atomic E-state index is 11.0. The lowest BCUT2D eigenvalue weighted by atomic mass is 10.2. The van der Waals surface area contributed by atoms with Gasteiger partial charge in [-0.1, -0.05) is 0 Å². The van der Waals surface area contributed by atoms with Gasteiger partial charge in [0.05, 0.1) is 11.9 Å².